The van der Waals surface area contributed by atoms with Crippen molar-refractivity contribution in [3.8, 4) is 5.82 Å². The highest BCUT2D eigenvalue weighted by molar-refractivity contribution is 9.10. The Morgan fingerprint density at radius 2 is 2.21 bits per heavy atom. The summed E-state index contributed by atoms with van der Waals surface area (Å²) in [5.41, 5.74) is 1.20. The van der Waals surface area contributed by atoms with E-state index in [4.69, 9.17) is 0 Å². The SMILES string of the molecule is CC1CCCC(c2cncn2-c2ccc(Br)cn2)N1. The Morgan fingerprint density at radius 3 is 2.95 bits per heavy atom. The molecule has 1 aliphatic heterocycles. The molecule has 1 N–H and O–H groups in total. The molecule has 3 heterocycles. The molecule has 1 fully saturated rings. The zero-order valence-corrected chi connectivity index (χ0v) is 12.5. The standard InChI is InChI=1S/C14H17BrN4/c1-10-3-2-4-12(18-10)13-8-16-9-19(13)14-6-5-11(15)7-17-14/h5-10,12,18H,2-4H2,1H3. The molecule has 2 atom stereocenters. The number of pyridine rings is 1. The first-order chi connectivity index (χ1) is 9.24. The van der Waals surface area contributed by atoms with Crippen LogP contribution in [0.4, 0.5) is 0 Å². The molecule has 0 bridgehead atoms. The van der Waals surface area contributed by atoms with Gasteiger partial charge in [0.25, 0.3) is 0 Å². The van der Waals surface area contributed by atoms with Crippen LogP contribution in [0.3, 0.4) is 0 Å². The normalized spacial score (nSPS) is 23.5. The van der Waals surface area contributed by atoms with Crippen molar-refractivity contribution in [2.24, 2.45) is 0 Å². The van der Waals surface area contributed by atoms with Crippen molar-refractivity contribution in [1.29, 1.82) is 0 Å². The van der Waals surface area contributed by atoms with Crippen molar-refractivity contribution in [3.05, 3.63) is 41.0 Å². The van der Waals surface area contributed by atoms with Crippen molar-refractivity contribution < 1.29 is 0 Å². The molecule has 0 radical (unpaired) electrons. The van der Waals surface area contributed by atoms with Crippen LogP contribution in [0.2, 0.25) is 0 Å². The predicted molar refractivity (Wildman–Crippen MR) is 78.2 cm³/mol. The molecule has 2 aromatic heterocycles. The molecule has 4 nitrogen and oxygen atoms in total. The van der Waals surface area contributed by atoms with Crippen LogP contribution in [0.15, 0.2) is 35.3 Å². The Labute approximate surface area is 121 Å². The average molecular weight is 321 g/mol. The Hall–Kier alpha value is -1.20. The molecular formula is C14H17BrN4. The first kappa shape index (κ1) is 12.8. The van der Waals surface area contributed by atoms with Gasteiger partial charge >= 0.3 is 0 Å². The number of imidazole rings is 1. The second kappa shape index (κ2) is 5.43. The van der Waals surface area contributed by atoms with E-state index < -0.39 is 0 Å². The lowest BCUT2D eigenvalue weighted by Gasteiger charge is -2.29. The molecule has 0 saturated carbocycles. The summed E-state index contributed by atoms with van der Waals surface area (Å²) in [4.78, 5) is 8.74. The van der Waals surface area contributed by atoms with Gasteiger partial charge in [-0.25, -0.2) is 9.97 Å². The van der Waals surface area contributed by atoms with Crippen LogP contribution in [0.5, 0.6) is 0 Å². The fourth-order valence-corrected chi connectivity index (χ4v) is 2.87. The van der Waals surface area contributed by atoms with Gasteiger partial charge in [0, 0.05) is 22.8 Å². The summed E-state index contributed by atoms with van der Waals surface area (Å²) in [7, 11) is 0. The number of piperidine rings is 1. The number of hydrogen-bond donors (Lipinski definition) is 1. The van der Waals surface area contributed by atoms with Crippen LogP contribution >= 0.6 is 15.9 Å². The second-order valence-electron chi connectivity index (χ2n) is 5.07. The van der Waals surface area contributed by atoms with Gasteiger partial charge in [0.05, 0.1) is 11.9 Å². The summed E-state index contributed by atoms with van der Waals surface area (Å²) in [5, 5.41) is 3.64. The number of nitrogens with zero attached hydrogens (tertiary/aromatic N) is 3. The minimum absolute atomic E-state index is 0.372. The number of halogens is 1. The van der Waals surface area contributed by atoms with E-state index in [2.05, 4.69) is 42.7 Å². The van der Waals surface area contributed by atoms with Crippen LogP contribution in [-0.4, -0.2) is 20.6 Å². The first-order valence-electron chi connectivity index (χ1n) is 6.64. The van der Waals surface area contributed by atoms with Gasteiger partial charge in [-0.1, -0.05) is 0 Å². The van der Waals surface area contributed by atoms with Gasteiger partial charge in [0.2, 0.25) is 0 Å². The summed E-state index contributed by atoms with van der Waals surface area (Å²) in [6.45, 7) is 2.24. The molecule has 1 aliphatic rings. The maximum atomic E-state index is 4.44. The van der Waals surface area contributed by atoms with Gasteiger partial charge in [-0.05, 0) is 54.2 Å². The molecule has 100 valence electrons. The van der Waals surface area contributed by atoms with Crippen LogP contribution in [0, 0.1) is 0 Å². The van der Waals surface area contributed by atoms with E-state index in [1.54, 1.807) is 0 Å². The van der Waals surface area contributed by atoms with Crippen LogP contribution in [0.25, 0.3) is 5.82 Å². The molecule has 3 rings (SSSR count). The number of aromatic nitrogens is 3. The Kier molecular flexibility index (Phi) is 3.66. The fourth-order valence-electron chi connectivity index (χ4n) is 2.64. The monoisotopic (exact) mass is 320 g/mol. The van der Waals surface area contributed by atoms with E-state index in [0.717, 1.165) is 16.7 Å². The molecule has 2 aromatic rings. The highest BCUT2D eigenvalue weighted by Gasteiger charge is 2.22. The number of rotatable bonds is 2. The zero-order valence-electron chi connectivity index (χ0n) is 10.9. The maximum absolute atomic E-state index is 4.44. The van der Waals surface area contributed by atoms with E-state index in [9.17, 15) is 0 Å². The second-order valence-corrected chi connectivity index (χ2v) is 5.99. The van der Waals surface area contributed by atoms with Gasteiger partial charge in [0.15, 0.2) is 0 Å². The molecule has 1 saturated heterocycles. The lowest BCUT2D eigenvalue weighted by Crippen LogP contribution is -2.35. The summed E-state index contributed by atoms with van der Waals surface area (Å²) >= 11 is 3.41. The number of hydrogen-bond acceptors (Lipinski definition) is 3. The highest BCUT2D eigenvalue weighted by Crippen LogP contribution is 2.26. The number of nitrogens with one attached hydrogen (secondary N) is 1. The van der Waals surface area contributed by atoms with E-state index in [0.29, 0.717) is 12.1 Å². The van der Waals surface area contributed by atoms with E-state index in [1.807, 2.05) is 30.9 Å². The van der Waals surface area contributed by atoms with Crippen molar-refractivity contribution in [2.45, 2.75) is 38.3 Å². The molecular weight excluding hydrogens is 304 g/mol. The molecule has 2 unspecified atom stereocenters. The molecule has 0 spiro atoms. The third-order valence-electron chi connectivity index (χ3n) is 3.60. The lowest BCUT2D eigenvalue weighted by molar-refractivity contribution is 0.334. The lowest BCUT2D eigenvalue weighted by atomic mass is 9.97. The van der Waals surface area contributed by atoms with Crippen LogP contribution in [0.1, 0.15) is 37.9 Å². The molecule has 19 heavy (non-hydrogen) atoms. The van der Waals surface area contributed by atoms with E-state index in [1.165, 1.54) is 18.5 Å². The molecule has 5 heteroatoms. The van der Waals surface area contributed by atoms with E-state index in [-0.39, 0.29) is 0 Å². The third-order valence-corrected chi connectivity index (χ3v) is 4.07. The van der Waals surface area contributed by atoms with Gasteiger partial charge in [-0.3, -0.25) is 4.57 Å². The fraction of sp³-hybridized carbons (Fsp3) is 0.429. The summed E-state index contributed by atoms with van der Waals surface area (Å²) in [5.74, 6) is 0.913. The Bertz CT molecular complexity index is 549. The largest absolute Gasteiger partial charge is 0.306 e. The van der Waals surface area contributed by atoms with Crippen molar-refractivity contribution in [3.63, 3.8) is 0 Å². The third kappa shape index (κ3) is 2.72. The van der Waals surface area contributed by atoms with Gasteiger partial charge < -0.3 is 5.32 Å². The summed E-state index contributed by atoms with van der Waals surface area (Å²) < 4.78 is 3.06. The smallest absolute Gasteiger partial charge is 0.138 e. The van der Waals surface area contributed by atoms with E-state index >= 15 is 0 Å². The van der Waals surface area contributed by atoms with Gasteiger partial charge in [0.1, 0.15) is 12.1 Å². The predicted octanol–water partition coefficient (Wildman–Crippen LogP) is 3.23. The molecule has 0 aliphatic carbocycles. The Morgan fingerprint density at radius 1 is 1.32 bits per heavy atom. The van der Waals surface area contributed by atoms with Gasteiger partial charge in [-0.15, -0.1) is 0 Å². The average Bonchev–Trinajstić information content (AvgIpc) is 2.89. The molecule has 0 aromatic carbocycles. The van der Waals surface area contributed by atoms with Crippen molar-refractivity contribution in [2.75, 3.05) is 0 Å². The van der Waals surface area contributed by atoms with Crippen LogP contribution in [-0.2, 0) is 0 Å². The van der Waals surface area contributed by atoms with Gasteiger partial charge in [-0.2, -0.15) is 0 Å². The first-order valence-corrected chi connectivity index (χ1v) is 7.43. The van der Waals surface area contributed by atoms with Crippen molar-refractivity contribution >= 4 is 15.9 Å². The highest BCUT2D eigenvalue weighted by atomic mass is 79.9. The quantitative estimate of drug-likeness (QED) is 0.923. The van der Waals surface area contributed by atoms with Crippen molar-refractivity contribution in [1.82, 2.24) is 19.9 Å². The zero-order chi connectivity index (χ0) is 13.2. The minimum Gasteiger partial charge on any atom is -0.306 e. The summed E-state index contributed by atoms with van der Waals surface area (Å²) in [6.07, 6.45) is 9.27. The van der Waals surface area contributed by atoms with Crippen LogP contribution < -0.4 is 5.32 Å². The minimum atomic E-state index is 0.372. The maximum Gasteiger partial charge on any atom is 0.138 e. The summed E-state index contributed by atoms with van der Waals surface area (Å²) in [6, 6.07) is 4.95. The topological polar surface area (TPSA) is 42.7 Å². The molecule has 0 amide bonds. The Balaban J connectivity index is 1.91.